The van der Waals surface area contributed by atoms with Crippen LogP contribution in [0.3, 0.4) is 0 Å². The number of aryl methyl sites for hydroxylation is 1. The predicted octanol–water partition coefficient (Wildman–Crippen LogP) is 1.24. The van der Waals surface area contributed by atoms with Crippen LogP contribution in [0.4, 0.5) is 5.82 Å². The van der Waals surface area contributed by atoms with Gasteiger partial charge < -0.3 is 19.4 Å². The lowest BCUT2D eigenvalue weighted by Gasteiger charge is -2.38. The molecular formula is C21H31N5O3. The number of anilines is 1. The van der Waals surface area contributed by atoms with Gasteiger partial charge in [-0.3, -0.25) is 9.59 Å². The second-order valence-corrected chi connectivity index (χ2v) is 8.48. The number of hydrogen-bond acceptors (Lipinski definition) is 6. The van der Waals surface area contributed by atoms with Gasteiger partial charge in [-0.1, -0.05) is 0 Å². The van der Waals surface area contributed by atoms with E-state index in [2.05, 4.69) is 21.9 Å². The maximum absolute atomic E-state index is 13.1. The summed E-state index contributed by atoms with van der Waals surface area (Å²) in [6.07, 6.45) is 5.54. The van der Waals surface area contributed by atoms with Gasteiger partial charge in [0.1, 0.15) is 12.1 Å². The van der Waals surface area contributed by atoms with Crippen molar-refractivity contribution >= 4 is 17.6 Å². The fourth-order valence-electron chi connectivity index (χ4n) is 4.80. The minimum atomic E-state index is -0.191. The summed E-state index contributed by atoms with van der Waals surface area (Å²) in [6.45, 7) is 5.43. The van der Waals surface area contributed by atoms with E-state index in [1.54, 1.807) is 6.33 Å². The number of rotatable bonds is 4. The van der Waals surface area contributed by atoms with E-state index < -0.39 is 0 Å². The molecule has 4 rings (SSSR count). The van der Waals surface area contributed by atoms with E-state index in [9.17, 15) is 9.59 Å². The van der Waals surface area contributed by atoms with Crippen molar-refractivity contribution in [2.75, 3.05) is 44.8 Å². The van der Waals surface area contributed by atoms with Crippen LogP contribution in [0.1, 0.15) is 37.8 Å². The Balaban J connectivity index is 1.30. The smallest absolute Gasteiger partial charge is 0.227 e. The van der Waals surface area contributed by atoms with Crippen molar-refractivity contribution in [2.45, 2.75) is 51.1 Å². The van der Waals surface area contributed by atoms with E-state index in [-0.39, 0.29) is 23.8 Å². The number of carbonyl (C=O) groups excluding carboxylic acids is 2. The fraction of sp³-hybridized carbons (Fsp3) is 0.714. The maximum Gasteiger partial charge on any atom is 0.227 e. The van der Waals surface area contributed by atoms with Crippen LogP contribution in [0.25, 0.3) is 0 Å². The SMILES string of the molecule is Cc1cc(N(C)C2CCN(C(=O)C3CC(=O)N(C4CCOCC4)C3)CC2)ncn1. The van der Waals surface area contributed by atoms with E-state index in [0.29, 0.717) is 32.2 Å². The van der Waals surface area contributed by atoms with E-state index in [1.165, 1.54) is 0 Å². The minimum Gasteiger partial charge on any atom is -0.381 e. The predicted molar refractivity (Wildman–Crippen MR) is 108 cm³/mol. The Labute approximate surface area is 172 Å². The van der Waals surface area contributed by atoms with Gasteiger partial charge in [0.25, 0.3) is 0 Å². The first-order valence-electron chi connectivity index (χ1n) is 10.7. The third-order valence-corrected chi connectivity index (χ3v) is 6.61. The zero-order valence-corrected chi connectivity index (χ0v) is 17.4. The monoisotopic (exact) mass is 401 g/mol. The number of aromatic nitrogens is 2. The van der Waals surface area contributed by atoms with Crippen molar-refractivity contribution in [1.29, 1.82) is 0 Å². The number of ether oxygens (including phenoxy) is 1. The highest BCUT2D eigenvalue weighted by atomic mass is 16.5. The Hall–Kier alpha value is -2.22. The zero-order valence-electron chi connectivity index (χ0n) is 17.4. The van der Waals surface area contributed by atoms with E-state index in [0.717, 1.165) is 50.3 Å². The van der Waals surface area contributed by atoms with Crippen LogP contribution in [-0.4, -0.2) is 83.6 Å². The highest BCUT2D eigenvalue weighted by molar-refractivity contribution is 5.89. The number of nitrogens with zero attached hydrogens (tertiary/aromatic N) is 5. The van der Waals surface area contributed by atoms with Gasteiger partial charge >= 0.3 is 0 Å². The number of carbonyl (C=O) groups is 2. The van der Waals surface area contributed by atoms with Gasteiger partial charge in [0.05, 0.1) is 5.92 Å². The molecule has 3 saturated heterocycles. The molecule has 0 bridgehead atoms. The molecule has 4 heterocycles. The van der Waals surface area contributed by atoms with Gasteiger partial charge in [0.15, 0.2) is 0 Å². The second kappa shape index (κ2) is 8.65. The number of hydrogen-bond donors (Lipinski definition) is 0. The molecule has 0 N–H and O–H groups in total. The summed E-state index contributed by atoms with van der Waals surface area (Å²) in [4.78, 5) is 40.2. The van der Waals surface area contributed by atoms with Crippen LogP contribution in [0, 0.1) is 12.8 Å². The molecule has 0 radical (unpaired) electrons. The lowest BCUT2D eigenvalue weighted by molar-refractivity contribution is -0.136. The highest BCUT2D eigenvalue weighted by Crippen LogP contribution is 2.28. The van der Waals surface area contributed by atoms with Crippen LogP contribution in [-0.2, 0) is 14.3 Å². The number of amides is 2. The molecule has 1 unspecified atom stereocenters. The van der Waals surface area contributed by atoms with Crippen LogP contribution in [0.15, 0.2) is 12.4 Å². The average molecular weight is 402 g/mol. The normalized spacial score (nSPS) is 24.2. The first-order valence-corrected chi connectivity index (χ1v) is 10.7. The first kappa shape index (κ1) is 20.1. The second-order valence-electron chi connectivity index (χ2n) is 8.48. The number of likely N-dealkylation sites (tertiary alicyclic amines) is 2. The standard InChI is InChI=1S/C21H31N5O3/c1-15-11-19(23-14-22-15)24(2)17-3-7-25(8-4-17)21(28)16-12-20(27)26(13-16)18-5-9-29-10-6-18/h11,14,16-18H,3-10,12-13H2,1-2H3. The Morgan fingerprint density at radius 2 is 1.90 bits per heavy atom. The average Bonchev–Trinajstić information content (AvgIpc) is 3.15. The quantitative estimate of drug-likeness (QED) is 0.755. The van der Waals surface area contributed by atoms with Crippen LogP contribution >= 0.6 is 0 Å². The summed E-state index contributed by atoms with van der Waals surface area (Å²) >= 11 is 0. The Bertz CT molecular complexity index is 744. The van der Waals surface area contributed by atoms with Crippen LogP contribution in [0.5, 0.6) is 0 Å². The van der Waals surface area contributed by atoms with Crippen molar-refractivity contribution in [3.8, 4) is 0 Å². The summed E-state index contributed by atoms with van der Waals surface area (Å²) in [7, 11) is 2.06. The van der Waals surface area contributed by atoms with Crippen molar-refractivity contribution in [3.05, 3.63) is 18.1 Å². The largest absolute Gasteiger partial charge is 0.381 e. The third-order valence-electron chi connectivity index (χ3n) is 6.61. The summed E-state index contributed by atoms with van der Waals surface area (Å²) in [6, 6.07) is 2.59. The molecule has 0 aliphatic carbocycles. The Morgan fingerprint density at radius 1 is 1.17 bits per heavy atom. The van der Waals surface area contributed by atoms with E-state index >= 15 is 0 Å². The van der Waals surface area contributed by atoms with Crippen molar-refractivity contribution < 1.29 is 14.3 Å². The van der Waals surface area contributed by atoms with Gasteiger partial charge in [0, 0.05) is 70.2 Å². The molecule has 2 amide bonds. The lowest BCUT2D eigenvalue weighted by atomic mass is 10.0. The molecular weight excluding hydrogens is 370 g/mol. The van der Waals surface area contributed by atoms with E-state index in [4.69, 9.17) is 4.74 Å². The van der Waals surface area contributed by atoms with Gasteiger partial charge in [-0.05, 0) is 32.6 Å². The van der Waals surface area contributed by atoms with Crippen LogP contribution < -0.4 is 4.90 Å². The topological polar surface area (TPSA) is 78.9 Å². The summed E-state index contributed by atoms with van der Waals surface area (Å²) in [5.41, 5.74) is 0.953. The zero-order chi connectivity index (χ0) is 20.4. The molecule has 3 aliphatic rings. The molecule has 158 valence electrons. The summed E-state index contributed by atoms with van der Waals surface area (Å²) in [5.74, 6) is 1.01. The molecule has 0 aromatic carbocycles. The molecule has 1 aromatic rings. The molecule has 8 heteroatoms. The minimum absolute atomic E-state index is 0.129. The van der Waals surface area contributed by atoms with Crippen molar-refractivity contribution in [3.63, 3.8) is 0 Å². The molecule has 8 nitrogen and oxygen atoms in total. The number of piperidine rings is 1. The third kappa shape index (κ3) is 4.37. The summed E-state index contributed by atoms with van der Waals surface area (Å²) < 4.78 is 5.41. The van der Waals surface area contributed by atoms with Gasteiger partial charge in [0.2, 0.25) is 11.8 Å². The first-order chi connectivity index (χ1) is 14.0. The molecule has 3 aliphatic heterocycles. The van der Waals surface area contributed by atoms with Gasteiger partial charge in [-0.15, -0.1) is 0 Å². The van der Waals surface area contributed by atoms with Gasteiger partial charge in [-0.2, -0.15) is 0 Å². The van der Waals surface area contributed by atoms with E-state index in [1.807, 2.05) is 22.8 Å². The molecule has 3 fully saturated rings. The molecule has 1 atom stereocenters. The highest BCUT2D eigenvalue weighted by Gasteiger charge is 2.40. The molecule has 1 aromatic heterocycles. The Kier molecular flexibility index (Phi) is 5.99. The maximum atomic E-state index is 13.1. The fourth-order valence-corrected chi connectivity index (χ4v) is 4.80. The molecule has 0 saturated carbocycles. The molecule has 29 heavy (non-hydrogen) atoms. The van der Waals surface area contributed by atoms with Crippen LogP contribution in [0.2, 0.25) is 0 Å². The van der Waals surface area contributed by atoms with Crippen molar-refractivity contribution in [2.24, 2.45) is 5.92 Å². The Morgan fingerprint density at radius 3 is 2.59 bits per heavy atom. The summed E-state index contributed by atoms with van der Waals surface area (Å²) in [5, 5.41) is 0. The lowest BCUT2D eigenvalue weighted by Crippen LogP contribution is -2.48. The van der Waals surface area contributed by atoms with Crippen molar-refractivity contribution in [1.82, 2.24) is 19.8 Å². The molecule has 0 spiro atoms. The van der Waals surface area contributed by atoms with Gasteiger partial charge in [-0.25, -0.2) is 9.97 Å².